The molecule has 0 atom stereocenters. The van der Waals surface area contributed by atoms with E-state index in [0.29, 0.717) is 13.2 Å². The van der Waals surface area contributed by atoms with Crippen molar-refractivity contribution in [3.05, 3.63) is 17.7 Å². The van der Waals surface area contributed by atoms with E-state index in [-0.39, 0.29) is 5.69 Å². The Morgan fingerprint density at radius 1 is 1.60 bits per heavy atom. The topological polar surface area (TPSA) is 64.3 Å². The number of unbranched alkanes of at least 4 members (excludes halogenated alkanes) is 1. The summed E-state index contributed by atoms with van der Waals surface area (Å²) in [5.74, 6) is -0.188. The van der Waals surface area contributed by atoms with E-state index >= 15 is 0 Å². The van der Waals surface area contributed by atoms with Crippen LogP contribution in [0.5, 0.6) is 0 Å². The average Bonchev–Trinajstić information content (AvgIpc) is 2.55. The molecule has 0 aliphatic heterocycles. The third-order valence-electron chi connectivity index (χ3n) is 2.25. The number of carboxylic acid groups (broad SMARTS) is 1. The van der Waals surface area contributed by atoms with E-state index < -0.39 is 5.97 Å². The third-order valence-corrected chi connectivity index (χ3v) is 2.25. The van der Waals surface area contributed by atoms with Gasteiger partial charge in [0.1, 0.15) is 11.5 Å². The molecular formula is C10H16N2O3. The van der Waals surface area contributed by atoms with Gasteiger partial charge in [0.2, 0.25) is 0 Å². The second-order valence-corrected chi connectivity index (χ2v) is 3.35. The summed E-state index contributed by atoms with van der Waals surface area (Å²) < 4.78 is 6.65. The Kier molecular flexibility index (Phi) is 4.30. The number of aromatic nitrogens is 2. The van der Waals surface area contributed by atoms with Crippen LogP contribution in [0.25, 0.3) is 0 Å². The van der Waals surface area contributed by atoms with Crippen molar-refractivity contribution in [3.63, 3.8) is 0 Å². The number of nitrogens with zero attached hydrogens (tertiary/aromatic N) is 2. The van der Waals surface area contributed by atoms with Crippen LogP contribution in [0.15, 0.2) is 6.20 Å². The first-order valence-corrected chi connectivity index (χ1v) is 4.91. The van der Waals surface area contributed by atoms with Crippen LogP contribution in [-0.2, 0) is 11.3 Å². The molecule has 0 aromatic carbocycles. The first kappa shape index (κ1) is 11.7. The average molecular weight is 212 g/mol. The van der Waals surface area contributed by atoms with Gasteiger partial charge in [0.15, 0.2) is 0 Å². The van der Waals surface area contributed by atoms with Crippen LogP contribution in [0.3, 0.4) is 0 Å². The molecule has 1 N–H and O–H groups in total. The maximum absolute atomic E-state index is 10.8. The van der Waals surface area contributed by atoms with Crippen LogP contribution >= 0.6 is 0 Å². The minimum atomic E-state index is -0.928. The zero-order valence-corrected chi connectivity index (χ0v) is 9.06. The minimum absolute atomic E-state index is 0.255. The molecule has 0 radical (unpaired) electrons. The van der Waals surface area contributed by atoms with Gasteiger partial charge in [0.25, 0.3) is 0 Å². The monoisotopic (exact) mass is 212 g/mol. The highest BCUT2D eigenvalue weighted by Gasteiger charge is 2.12. The molecule has 5 nitrogen and oxygen atoms in total. The highest BCUT2D eigenvalue weighted by atomic mass is 16.5. The number of aryl methyl sites for hydroxylation is 1. The minimum Gasteiger partial charge on any atom is -0.477 e. The summed E-state index contributed by atoms with van der Waals surface area (Å²) in [5.41, 5.74) is 0.255. The van der Waals surface area contributed by atoms with Crippen molar-refractivity contribution in [1.29, 1.82) is 0 Å². The van der Waals surface area contributed by atoms with Crippen LogP contribution in [0.4, 0.5) is 0 Å². The number of aromatic carboxylic acids is 1. The van der Waals surface area contributed by atoms with Crippen molar-refractivity contribution in [2.75, 3.05) is 13.7 Å². The van der Waals surface area contributed by atoms with Gasteiger partial charge in [0.05, 0.1) is 6.20 Å². The van der Waals surface area contributed by atoms with Gasteiger partial charge in [-0.05, 0) is 19.8 Å². The summed E-state index contributed by atoms with van der Waals surface area (Å²) in [6, 6.07) is 0. The quantitative estimate of drug-likeness (QED) is 0.722. The van der Waals surface area contributed by atoms with Crippen LogP contribution < -0.4 is 0 Å². The predicted octanol–water partition coefficient (Wildman–Crippen LogP) is 1.32. The van der Waals surface area contributed by atoms with Gasteiger partial charge in [-0.25, -0.2) is 9.78 Å². The van der Waals surface area contributed by atoms with Gasteiger partial charge < -0.3 is 14.4 Å². The van der Waals surface area contributed by atoms with E-state index in [2.05, 4.69) is 4.98 Å². The van der Waals surface area contributed by atoms with Crippen molar-refractivity contribution in [2.24, 2.45) is 0 Å². The predicted molar refractivity (Wildman–Crippen MR) is 55.0 cm³/mol. The first-order valence-electron chi connectivity index (χ1n) is 4.91. The molecule has 0 aliphatic rings. The third kappa shape index (κ3) is 3.06. The molecule has 0 amide bonds. The smallest absolute Gasteiger partial charge is 0.354 e. The fourth-order valence-electron chi connectivity index (χ4n) is 1.44. The molecule has 0 saturated carbocycles. The molecule has 0 saturated heterocycles. The number of hydrogen-bond donors (Lipinski definition) is 1. The normalized spacial score (nSPS) is 10.5. The van der Waals surface area contributed by atoms with Gasteiger partial charge in [0, 0.05) is 20.3 Å². The number of carboxylic acids is 1. The number of hydrogen-bond acceptors (Lipinski definition) is 3. The van der Waals surface area contributed by atoms with E-state index in [1.807, 2.05) is 6.92 Å². The summed E-state index contributed by atoms with van der Waals surface area (Å²) in [7, 11) is 1.66. The van der Waals surface area contributed by atoms with Gasteiger partial charge in [-0.3, -0.25) is 0 Å². The summed E-state index contributed by atoms with van der Waals surface area (Å²) in [6.07, 6.45) is 3.21. The Morgan fingerprint density at radius 2 is 2.33 bits per heavy atom. The summed E-state index contributed by atoms with van der Waals surface area (Å²) in [6.45, 7) is 3.19. The molecule has 15 heavy (non-hydrogen) atoms. The Morgan fingerprint density at radius 3 is 2.93 bits per heavy atom. The first-order chi connectivity index (χ1) is 7.16. The summed E-state index contributed by atoms with van der Waals surface area (Å²) in [4.78, 5) is 14.8. The van der Waals surface area contributed by atoms with Crippen molar-refractivity contribution in [2.45, 2.75) is 26.3 Å². The molecule has 0 bridgehead atoms. The molecule has 1 aromatic heterocycles. The molecule has 5 heteroatoms. The molecule has 84 valence electrons. The SMILES string of the molecule is COCCCCn1c(C(=O)O)cnc1C. The maximum atomic E-state index is 10.8. The van der Waals surface area contributed by atoms with Gasteiger partial charge in [-0.15, -0.1) is 0 Å². The molecule has 1 aromatic rings. The zero-order valence-electron chi connectivity index (χ0n) is 9.06. The largest absolute Gasteiger partial charge is 0.477 e. The summed E-state index contributed by atoms with van der Waals surface area (Å²) >= 11 is 0. The fourth-order valence-corrected chi connectivity index (χ4v) is 1.44. The number of carbonyl (C=O) groups is 1. The lowest BCUT2D eigenvalue weighted by Gasteiger charge is -2.07. The zero-order chi connectivity index (χ0) is 11.3. The highest BCUT2D eigenvalue weighted by molar-refractivity contribution is 5.85. The van der Waals surface area contributed by atoms with Crippen LogP contribution in [0.2, 0.25) is 0 Å². The molecular weight excluding hydrogens is 196 g/mol. The second-order valence-electron chi connectivity index (χ2n) is 3.35. The summed E-state index contributed by atoms with van der Waals surface area (Å²) in [5, 5.41) is 8.90. The van der Waals surface area contributed by atoms with E-state index in [9.17, 15) is 4.79 Å². The van der Waals surface area contributed by atoms with Crippen LogP contribution in [0.1, 0.15) is 29.2 Å². The fraction of sp³-hybridized carbons (Fsp3) is 0.600. The second kappa shape index (κ2) is 5.50. The van der Waals surface area contributed by atoms with E-state index in [1.165, 1.54) is 6.20 Å². The Balaban J connectivity index is 2.58. The number of methoxy groups -OCH3 is 1. The molecule has 0 aliphatic carbocycles. The number of rotatable bonds is 6. The van der Waals surface area contributed by atoms with Crippen LogP contribution in [0, 0.1) is 6.92 Å². The standard InChI is InChI=1S/C10H16N2O3/c1-8-11-7-9(10(13)14)12(8)5-3-4-6-15-2/h7H,3-6H2,1-2H3,(H,13,14). The van der Waals surface area contributed by atoms with E-state index in [0.717, 1.165) is 18.7 Å². The van der Waals surface area contributed by atoms with Crippen LogP contribution in [-0.4, -0.2) is 34.3 Å². The Bertz CT molecular complexity index is 333. The molecule has 1 rings (SSSR count). The number of ether oxygens (including phenoxy) is 1. The lowest BCUT2D eigenvalue weighted by Crippen LogP contribution is -2.10. The molecule has 0 spiro atoms. The lowest BCUT2D eigenvalue weighted by molar-refractivity contribution is 0.0684. The van der Waals surface area contributed by atoms with Crippen molar-refractivity contribution < 1.29 is 14.6 Å². The van der Waals surface area contributed by atoms with Crippen molar-refractivity contribution in [3.8, 4) is 0 Å². The van der Waals surface area contributed by atoms with Crippen molar-refractivity contribution >= 4 is 5.97 Å². The van der Waals surface area contributed by atoms with E-state index in [1.54, 1.807) is 11.7 Å². The Labute approximate surface area is 88.7 Å². The molecule has 0 fully saturated rings. The van der Waals surface area contributed by atoms with Gasteiger partial charge >= 0.3 is 5.97 Å². The van der Waals surface area contributed by atoms with E-state index in [4.69, 9.17) is 9.84 Å². The lowest BCUT2D eigenvalue weighted by atomic mass is 10.3. The molecule has 0 unspecified atom stereocenters. The van der Waals surface area contributed by atoms with Crippen molar-refractivity contribution in [1.82, 2.24) is 9.55 Å². The maximum Gasteiger partial charge on any atom is 0.354 e. The highest BCUT2D eigenvalue weighted by Crippen LogP contribution is 2.07. The molecule has 1 heterocycles. The van der Waals surface area contributed by atoms with Gasteiger partial charge in [-0.1, -0.05) is 0 Å². The number of imidazole rings is 1. The Hall–Kier alpha value is -1.36. The van der Waals surface area contributed by atoms with Gasteiger partial charge in [-0.2, -0.15) is 0 Å².